The van der Waals surface area contributed by atoms with Crippen LogP contribution in [0.5, 0.6) is 0 Å². The molecule has 0 saturated carbocycles. The largest absolute Gasteiger partial charge is 0.359 e. The summed E-state index contributed by atoms with van der Waals surface area (Å²) in [4.78, 5) is 12.3. The molecule has 1 aliphatic rings. The van der Waals surface area contributed by atoms with Crippen LogP contribution in [0.4, 0.5) is 11.4 Å². The molecule has 170 valence electrons. The van der Waals surface area contributed by atoms with Crippen LogP contribution in [0, 0.1) is 0 Å². The number of benzene rings is 3. The van der Waals surface area contributed by atoms with Crippen LogP contribution >= 0.6 is 23.8 Å². The highest BCUT2D eigenvalue weighted by atomic mass is 35.5. The number of hydrogen-bond donors (Lipinski definition) is 3. The standard InChI is InChI=1S/C24H22ClN3O3S2/c25-19-7-1-18(2-8-19)23(29)26-20-9-3-16(4-10-20)17-5-11-21(12-6-17)27-24(32)28-22-13-14-33(30,31)15-22/h1-12,22H,13-15H2,(H,26,29)(H2,27,28,32). The number of anilines is 2. The van der Waals surface area contributed by atoms with E-state index < -0.39 is 9.84 Å². The summed E-state index contributed by atoms with van der Waals surface area (Å²) in [6.07, 6.45) is 0.569. The van der Waals surface area contributed by atoms with Gasteiger partial charge < -0.3 is 16.0 Å². The topological polar surface area (TPSA) is 87.3 Å². The smallest absolute Gasteiger partial charge is 0.255 e. The van der Waals surface area contributed by atoms with Crippen molar-refractivity contribution in [2.45, 2.75) is 12.5 Å². The first-order valence-electron chi connectivity index (χ1n) is 10.3. The van der Waals surface area contributed by atoms with Crippen LogP contribution in [0.2, 0.25) is 5.02 Å². The summed E-state index contributed by atoms with van der Waals surface area (Å²) in [6, 6.07) is 21.9. The highest BCUT2D eigenvalue weighted by Gasteiger charge is 2.28. The van der Waals surface area contributed by atoms with E-state index in [1.54, 1.807) is 24.3 Å². The second-order valence-corrected chi connectivity index (χ2v) is 10.9. The van der Waals surface area contributed by atoms with Gasteiger partial charge in [0.1, 0.15) is 0 Å². The number of halogens is 1. The van der Waals surface area contributed by atoms with Gasteiger partial charge in [-0.1, -0.05) is 35.9 Å². The molecule has 0 aromatic heterocycles. The van der Waals surface area contributed by atoms with Gasteiger partial charge in [-0.25, -0.2) is 8.42 Å². The molecule has 1 heterocycles. The van der Waals surface area contributed by atoms with E-state index in [9.17, 15) is 13.2 Å². The average molecular weight is 500 g/mol. The number of carbonyl (C=O) groups excluding carboxylic acids is 1. The van der Waals surface area contributed by atoms with Gasteiger partial charge >= 0.3 is 0 Å². The Kier molecular flexibility index (Phi) is 6.97. The molecule has 0 radical (unpaired) electrons. The predicted octanol–water partition coefficient (Wildman–Crippen LogP) is 4.73. The molecule has 6 nitrogen and oxygen atoms in total. The first kappa shape index (κ1) is 23.2. The molecule has 33 heavy (non-hydrogen) atoms. The molecule has 3 N–H and O–H groups in total. The van der Waals surface area contributed by atoms with Crippen molar-refractivity contribution in [1.82, 2.24) is 5.32 Å². The lowest BCUT2D eigenvalue weighted by Crippen LogP contribution is -2.38. The Morgan fingerprint density at radius 3 is 1.91 bits per heavy atom. The Balaban J connectivity index is 1.33. The first-order valence-corrected chi connectivity index (χ1v) is 12.9. The summed E-state index contributed by atoms with van der Waals surface area (Å²) in [5.74, 6) is 0.116. The molecule has 3 aromatic carbocycles. The maximum absolute atomic E-state index is 12.3. The van der Waals surface area contributed by atoms with Gasteiger partial charge in [-0.2, -0.15) is 0 Å². The van der Waals surface area contributed by atoms with Crippen LogP contribution in [0.3, 0.4) is 0 Å². The van der Waals surface area contributed by atoms with E-state index in [0.717, 1.165) is 16.8 Å². The van der Waals surface area contributed by atoms with Gasteiger partial charge in [-0.05, 0) is 78.3 Å². The second kappa shape index (κ2) is 9.91. The van der Waals surface area contributed by atoms with Crippen LogP contribution in [-0.4, -0.2) is 37.0 Å². The van der Waals surface area contributed by atoms with E-state index in [-0.39, 0.29) is 23.5 Å². The van der Waals surface area contributed by atoms with Gasteiger partial charge in [0.05, 0.1) is 11.5 Å². The number of amides is 1. The Morgan fingerprint density at radius 2 is 1.39 bits per heavy atom. The quantitative estimate of drug-likeness (QED) is 0.440. The van der Waals surface area contributed by atoms with Crippen molar-refractivity contribution in [2.75, 3.05) is 22.1 Å². The van der Waals surface area contributed by atoms with Crippen LogP contribution in [0.15, 0.2) is 72.8 Å². The summed E-state index contributed by atoms with van der Waals surface area (Å²) in [5.41, 5.74) is 4.06. The maximum Gasteiger partial charge on any atom is 0.255 e. The van der Waals surface area contributed by atoms with E-state index >= 15 is 0 Å². The summed E-state index contributed by atoms with van der Waals surface area (Å²) in [6.45, 7) is 0. The van der Waals surface area contributed by atoms with Crippen molar-refractivity contribution in [3.63, 3.8) is 0 Å². The molecular formula is C24H22ClN3O3S2. The Labute approximate surface area is 203 Å². The van der Waals surface area contributed by atoms with Crippen molar-refractivity contribution >= 4 is 56.1 Å². The Morgan fingerprint density at radius 1 is 0.848 bits per heavy atom. The lowest BCUT2D eigenvalue weighted by Gasteiger charge is -2.15. The minimum Gasteiger partial charge on any atom is -0.359 e. The zero-order valence-electron chi connectivity index (χ0n) is 17.5. The molecule has 1 atom stereocenters. The third-order valence-electron chi connectivity index (χ3n) is 5.29. The van der Waals surface area contributed by atoms with Gasteiger partial charge in [0.25, 0.3) is 5.91 Å². The van der Waals surface area contributed by atoms with Crippen LogP contribution in [0.25, 0.3) is 11.1 Å². The highest BCUT2D eigenvalue weighted by molar-refractivity contribution is 7.91. The highest BCUT2D eigenvalue weighted by Crippen LogP contribution is 2.24. The van der Waals surface area contributed by atoms with E-state index in [4.69, 9.17) is 23.8 Å². The van der Waals surface area contributed by atoms with Crippen molar-refractivity contribution in [3.05, 3.63) is 83.4 Å². The van der Waals surface area contributed by atoms with Crippen molar-refractivity contribution in [1.29, 1.82) is 0 Å². The normalized spacial score (nSPS) is 16.7. The number of thiocarbonyl (C=S) groups is 1. The van der Waals surface area contributed by atoms with E-state index in [0.29, 0.717) is 27.8 Å². The molecule has 1 aliphatic heterocycles. The van der Waals surface area contributed by atoms with Gasteiger partial charge in [0.15, 0.2) is 14.9 Å². The van der Waals surface area contributed by atoms with Gasteiger partial charge in [0, 0.05) is 28.0 Å². The van der Waals surface area contributed by atoms with Gasteiger partial charge in [-0.3, -0.25) is 4.79 Å². The summed E-state index contributed by atoms with van der Waals surface area (Å²) >= 11 is 11.2. The molecule has 9 heteroatoms. The van der Waals surface area contributed by atoms with Crippen molar-refractivity contribution < 1.29 is 13.2 Å². The lowest BCUT2D eigenvalue weighted by atomic mass is 10.0. The van der Waals surface area contributed by atoms with Crippen LogP contribution in [-0.2, 0) is 9.84 Å². The third-order valence-corrected chi connectivity index (χ3v) is 7.53. The number of hydrogen-bond acceptors (Lipinski definition) is 4. The first-order chi connectivity index (χ1) is 15.8. The molecule has 1 saturated heterocycles. The summed E-state index contributed by atoms with van der Waals surface area (Å²) in [5, 5.41) is 10.0. The van der Waals surface area contributed by atoms with Crippen LogP contribution in [0.1, 0.15) is 16.8 Å². The van der Waals surface area contributed by atoms with Gasteiger partial charge in [-0.15, -0.1) is 0 Å². The molecule has 0 aliphatic carbocycles. The molecular weight excluding hydrogens is 478 g/mol. The number of rotatable bonds is 5. The summed E-state index contributed by atoms with van der Waals surface area (Å²) < 4.78 is 23.1. The minimum absolute atomic E-state index is 0.115. The fourth-order valence-corrected chi connectivity index (χ4v) is 5.64. The Hall–Kier alpha value is -2.94. The molecule has 4 rings (SSSR count). The fourth-order valence-electron chi connectivity index (χ4n) is 3.56. The Bertz CT molecular complexity index is 1260. The zero-order valence-corrected chi connectivity index (χ0v) is 19.9. The third kappa shape index (κ3) is 6.31. The number of nitrogens with one attached hydrogen (secondary N) is 3. The summed E-state index contributed by atoms with van der Waals surface area (Å²) in [7, 11) is -2.95. The lowest BCUT2D eigenvalue weighted by molar-refractivity contribution is 0.102. The van der Waals surface area contributed by atoms with Crippen molar-refractivity contribution in [2.24, 2.45) is 0 Å². The van der Waals surface area contributed by atoms with Gasteiger partial charge in [0.2, 0.25) is 0 Å². The zero-order chi connectivity index (χ0) is 23.4. The SMILES string of the molecule is O=C(Nc1ccc(-c2ccc(NC(=S)NC3CCS(=O)(=O)C3)cc2)cc1)c1ccc(Cl)cc1. The molecule has 3 aromatic rings. The number of sulfone groups is 1. The number of carbonyl (C=O) groups is 1. The van der Waals surface area contributed by atoms with Crippen molar-refractivity contribution in [3.8, 4) is 11.1 Å². The average Bonchev–Trinajstić information content (AvgIpc) is 3.13. The molecule has 1 fully saturated rings. The van der Waals surface area contributed by atoms with E-state index in [1.807, 2.05) is 48.5 Å². The molecule has 0 bridgehead atoms. The fraction of sp³-hybridized carbons (Fsp3) is 0.167. The second-order valence-electron chi connectivity index (χ2n) is 7.81. The maximum atomic E-state index is 12.3. The van der Waals surface area contributed by atoms with E-state index in [1.165, 1.54) is 0 Å². The monoisotopic (exact) mass is 499 g/mol. The molecule has 0 spiro atoms. The molecule has 1 amide bonds. The van der Waals surface area contributed by atoms with E-state index in [2.05, 4.69) is 16.0 Å². The van der Waals surface area contributed by atoms with Crippen LogP contribution < -0.4 is 16.0 Å². The minimum atomic E-state index is -2.95. The molecule has 1 unspecified atom stereocenters. The predicted molar refractivity (Wildman–Crippen MR) is 138 cm³/mol.